The Morgan fingerprint density at radius 1 is 1.30 bits per heavy atom. The summed E-state index contributed by atoms with van der Waals surface area (Å²) in [6.45, 7) is 4.59. The van der Waals surface area contributed by atoms with Crippen LogP contribution in [-0.4, -0.2) is 34.6 Å². The molecule has 23 heavy (non-hydrogen) atoms. The molecule has 0 radical (unpaired) electrons. The molecule has 1 N–H and O–H groups in total. The fourth-order valence-corrected chi connectivity index (χ4v) is 3.17. The van der Waals surface area contributed by atoms with Crippen LogP contribution in [-0.2, 0) is 17.8 Å². The standard InChI is InChI=1S/C16H18N4O3/c1-16(2)5-8-9(6-22-16)13(20(3)4)19-15-10(8)11-12(23-15)14(21)18-7-17-11/h7H,5-6H2,1-4H3,(H,17,18,21). The van der Waals surface area contributed by atoms with Gasteiger partial charge in [-0.3, -0.25) is 4.79 Å². The van der Waals surface area contributed by atoms with Gasteiger partial charge in [0.15, 0.2) is 0 Å². The van der Waals surface area contributed by atoms with Gasteiger partial charge in [0, 0.05) is 26.1 Å². The molecule has 0 saturated heterocycles. The first-order valence-electron chi connectivity index (χ1n) is 7.50. The van der Waals surface area contributed by atoms with Gasteiger partial charge in [-0.1, -0.05) is 0 Å². The normalized spacial score (nSPS) is 16.7. The lowest BCUT2D eigenvalue weighted by Gasteiger charge is -2.33. The smallest absolute Gasteiger partial charge is 0.294 e. The van der Waals surface area contributed by atoms with Crippen molar-refractivity contribution in [2.75, 3.05) is 19.0 Å². The molecular weight excluding hydrogens is 296 g/mol. The van der Waals surface area contributed by atoms with Crippen molar-refractivity contribution >= 4 is 28.0 Å². The number of hydrogen-bond donors (Lipinski definition) is 1. The van der Waals surface area contributed by atoms with Crippen LogP contribution in [0.4, 0.5) is 5.82 Å². The van der Waals surface area contributed by atoms with Gasteiger partial charge in [0.2, 0.25) is 11.3 Å². The van der Waals surface area contributed by atoms with Crippen molar-refractivity contribution < 1.29 is 9.15 Å². The Labute approximate surface area is 132 Å². The van der Waals surface area contributed by atoms with Crippen molar-refractivity contribution in [3.8, 4) is 0 Å². The van der Waals surface area contributed by atoms with Gasteiger partial charge < -0.3 is 19.0 Å². The second-order valence-corrected chi connectivity index (χ2v) is 6.70. The fraction of sp³-hybridized carbons (Fsp3) is 0.438. The summed E-state index contributed by atoms with van der Waals surface area (Å²) in [4.78, 5) is 25.4. The third-order valence-corrected chi connectivity index (χ3v) is 4.24. The maximum atomic E-state index is 12.0. The van der Waals surface area contributed by atoms with E-state index in [4.69, 9.17) is 9.15 Å². The lowest BCUT2D eigenvalue weighted by atomic mass is 9.90. The summed E-state index contributed by atoms with van der Waals surface area (Å²) in [7, 11) is 3.86. The van der Waals surface area contributed by atoms with Crippen molar-refractivity contribution in [2.24, 2.45) is 0 Å². The van der Waals surface area contributed by atoms with Gasteiger partial charge in [0.05, 0.1) is 23.9 Å². The quantitative estimate of drug-likeness (QED) is 0.739. The highest BCUT2D eigenvalue weighted by Crippen LogP contribution is 2.39. The minimum atomic E-state index is -0.292. The SMILES string of the molecule is CN(C)c1nc2oc3c(=O)[nH]cnc3c2c2c1COC(C)(C)C2. The molecule has 0 amide bonds. The number of ether oxygens (including phenoxy) is 1. The summed E-state index contributed by atoms with van der Waals surface area (Å²) in [5, 5.41) is 0.822. The van der Waals surface area contributed by atoms with E-state index < -0.39 is 0 Å². The first-order valence-corrected chi connectivity index (χ1v) is 7.50. The third-order valence-electron chi connectivity index (χ3n) is 4.24. The molecule has 0 aromatic carbocycles. The van der Waals surface area contributed by atoms with Crippen molar-refractivity contribution in [2.45, 2.75) is 32.5 Å². The van der Waals surface area contributed by atoms with E-state index >= 15 is 0 Å². The van der Waals surface area contributed by atoms with Crippen LogP contribution in [0, 0.1) is 0 Å². The highest BCUT2D eigenvalue weighted by atomic mass is 16.5. The number of aromatic amines is 1. The lowest BCUT2D eigenvalue weighted by molar-refractivity contribution is -0.0395. The number of nitrogens with one attached hydrogen (secondary N) is 1. The highest BCUT2D eigenvalue weighted by Gasteiger charge is 2.32. The molecule has 0 fully saturated rings. The molecule has 0 aliphatic carbocycles. The number of rotatable bonds is 1. The molecule has 7 heteroatoms. The van der Waals surface area contributed by atoms with Crippen LogP contribution >= 0.6 is 0 Å². The molecule has 0 saturated carbocycles. The van der Waals surface area contributed by atoms with E-state index in [9.17, 15) is 4.79 Å². The van der Waals surface area contributed by atoms with Gasteiger partial charge in [-0.2, -0.15) is 4.98 Å². The van der Waals surface area contributed by atoms with E-state index in [0.29, 0.717) is 24.3 Å². The Balaban J connectivity index is 2.17. The van der Waals surface area contributed by atoms with E-state index in [-0.39, 0.29) is 16.7 Å². The van der Waals surface area contributed by atoms with Gasteiger partial charge in [-0.15, -0.1) is 0 Å². The van der Waals surface area contributed by atoms with E-state index in [1.54, 1.807) is 0 Å². The maximum absolute atomic E-state index is 12.0. The fourth-order valence-electron chi connectivity index (χ4n) is 3.17. The van der Waals surface area contributed by atoms with Crippen LogP contribution in [0.25, 0.3) is 22.2 Å². The van der Waals surface area contributed by atoms with E-state index in [2.05, 4.69) is 28.8 Å². The first kappa shape index (κ1) is 14.2. The van der Waals surface area contributed by atoms with Gasteiger partial charge in [0.1, 0.15) is 11.3 Å². The summed E-state index contributed by atoms with van der Waals surface area (Å²) < 4.78 is 11.7. The van der Waals surface area contributed by atoms with Gasteiger partial charge >= 0.3 is 0 Å². The van der Waals surface area contributed by atoms with Crippen LogP contribution < -0.4 is 10.5 Å². The van der Waals surface area contributed by atoms with Crippen molar-refractivity contribution in [3.63, 3.8) is 0 Å². The molecular formula is C16H18N4O3. The van der Waals surface area contributed by atoms with Gasteiger partial charge in [-0.25, -0.2) is 4.98 Å². The third kappa shape index (κ3) is 2.03. The average Bonchev–Trinajstić information content (AvgIpc) is 2.85. The molecule has 4 rings (SSSR count). The topological polar surface area (TPSA) is 84.3 Å². The van der Waals surface area contributed by atoms with Crippen LogP contribution in [0.2, 0.25) is 0 Å². The summed E-state index contributed by atoms with van der Waals surface area (Å²) in [5.41, 5.74) is 2.80. The molecule has 1 aliphatic heterocycles. The second kappa shape index (κ2) is 4.55. The van der Waals surface area contributed by atoms with Crippen molar-refractivity contribution in [3.05, 3.63) is 27.8 Å². The van der Waals surface area contributed by atoms with Crippen LogP contribution in [0.15, 0.2) is 15.5 Å². The number of nitrogens with zero attached hydrogens (tertiary/aromatic N) is 3. The van der Waals surface area contributed by atoms with Crippen LogP contribution in [0.5, 0.6) is 0 Å². The number of furan rings is 1. The Bertz CT molecular complexity index is 984. The van der Waals surface area contributed by atoms with Crippen LogP contribution in [0.1, 0.15) is 25.0 Å². The van der Waals surface area contributed by atoms with Gasteiger partial charge in [0.25, 0.3) is 5.56 Å². The zero-order chi connectivity index (χ0) is 16.4. The predicted molar refractivity (Wildman–Crippen MR) is 86.8 cm³/mol. The summed E-state index contributed by atoms with van der Waals surface area (Å²) >= 11 is 0. The predicted octanol–water partition coefficient (Wildman–Crippen LogP) is 1.98. The van der Waals surface area contributed by atoms with Crippen molar-refractivity contribution in [1.29, 1.82) is 0 Å². The Morgan fingerprint density at radius 2 is 2.09 bits per heavy atom. The molecule has 0 bridgehead atoms. The summed E-state index contributed by atoms with van der Waals surface area (Å²) in [6, 6.07) is 0. The number of pyridine rings is 1. The number of anilines is 1. The van der Waals surface area contributed by atoms with Crippen LogP contribution in [0.3, 0.4) is 0 Å². The number of aromatic nitrogens is 3. The molecule has 0 spiro atoms. The molecule has 3 aromatic rings. The first-order chi connectivity index (χ1) is 10.9. The molecule has 0 unspecified atom stereocenters. The zero-order valence-corrected chi connectivity index (χ0v) is 13.6. The lowest BCUT2D eigenvalue weighted by Crippen LogP contribution is -2.33. The minimum absolute atomic E-state index is 0.220. The van der Waals surface area contributed by atoms with E-state index in [1.165, 1.54) is 6.33 Å². The molecule has 3 aromatic heterocycles. The molecule has 4 heterocycles. The summed E-state index contributed by atoms with van der Waals surface area (Å²) in [6.07, 6.45) is 2.11. The number of fused-ring (bicyclic) bond motifs is 5. The second-order valence-electron chi connectivity index (χ2n) is 6.70. The Morgan fingerprint density at radius 3 is 2.83 bits per heavy atom. The maximum Gasteiger partial charge on any atom is 0.294 e. The van der Waals surface area contributed by atoms with Gasteiger partial charge in [-0.05, 0) is 19.4 Å². The highest BCUT2D eigenvalue weighted by molar-refractivity contribution is 6.04. The average molecular weight is 314 g/mol. The van der Waals surface area contributed by atoms with E-state index in [1.807, 2.05) is 19.0 Å². The molecule has 120 valence electrons. The Kier molecular flexibility index (Phi) is 2.81. The molecule has 1 aliphatic rings. The largest absolute Gasteiger partial charge is 0.430 e. The van der Waals surface area contributed by atoms with E-state index in [0.717, 1.165) is 22.3 Å². The zero-order valence-electron chi connectivity index (χ0n) is 13.6. The minimum Gasteiger partial charge on any atom is -0.430 e. The number of hydrogen-bond acceptors (Lipinski definition) is 6. The monoisotopic (exact) mass is 314 g/mol. The number of H-pyrrole nitrogens is 1. The summed E-state index contributed by atoms with van der Waals surface area (Å²) in [5.74, 6) is 0.804. The molecule has 7 nitrogen and oxygen atoms in total. The van der Waals surface area contributed by atoms with Crippen molar-refractivity contribution in [1.82, 2.24) is 15.0 Å². The molecule has 0 atom stereocenters. The Hall–Kier alpha value is -2.41.